The molecule has 3 rings (SSSR count). The lowest BCUT2D eigenvalue weighted by Crippen LogP contribution is -2.14. The number of aliphatic hydroxyl groups excluding tert-OH is 1. The Balaban J connectivity index is 1.37. The maximum atomic E-state index is 12.4. The first-order valence-electron chi connectivity index (χ1n) is 11.6. The van der Waals surface area contributed by atoms with Gasteiger partial charge in [-0.15, -0.1) is 0 Å². The maximum Gasteiger partial charge on any atom is 0.335 e. The summed E-state index contributed by atoms with van der Waals surface area (Å²) in [6.45, 7) is 0.392. The Kier molecular flexibility index (Phi) is 9.67. The van der Waals surface area contributed by atoms with Crippen molar-refractivity contribution in [1.82, 2.24) is 0 Å². The van der Waals surface area contributed by atoms with E-state index in [1.54, 1.807) is 0 Å². The van der Waals surface area contributed by atoms with Gasteiger partial charge in [0.15, 0.2) is 0 Å². The zero-order valence-electron chi connectivity index (χ0n) is 19.2. The summed E-state index contributed by atoms with van der Waals surface area (Å²) in [7, 11) is 0. The van der Waals surface area contributed by atoms with Crippen molar-refractivity contribution in [3.8, 4) is 5.75 Å². The van der Waals surface area contributed by atoms with E-state index in [4.69, 9.17) is 9.84 Å². The lowest BCUT2D eigenvalue weighted by atomic mass is 10.1. The first-order chi connectivity index (χ1) is 16.5. The molecule has 0 aliphatic heterocycles. The molecule has 6 nitrogen and oxygen atoms in total. The van der Waals surface area contributed by atoms with Gasteiger partial charge in [0, 0.05) is 17.7 Å². The average Bonchev–Trinajstić information content (AvgIpc) is 2.86. The van der Waals surface area contributed by atoms with Crippen LogP contribution in [0.4, 0.5) is 5.69 Å². The third-order valence-corrected chi connectivity index (χ3v) is 5.59. The number of carbonyl (C=O) groups excluding carboxylic acids is 1. The first kappa shape index (κ1) is 25.0. The van der Waals surface area contributed by atoms with Gasteiger partial charge >= 0.3 is 5.97 Å². The molecule has 0 atom stereocenters. The van der Waals surface area contributed by atoms with Gasteiger partial charge in [-0.25, -0.2) is 4.79 Å². The molecule has 34 heavy (non-hydrogen) atoms. The summed E-state index contributed by atoms with van der Waals surface area (Å²) in [6, 6.07) is 22.5. The lowest BCUT2D eigenvalue weighted by molar-refractivity contribution is -0.116. The van der Waals surface area contributed by atoms with E-state index in [2.05, 4.69) is 29.6 Å². The molecular formula is C28H31NO5. The Morgan fingerprint density at radius 2 is 1.56 bits per heavy atom. The molecule has 0 aliphatic carbocycles. The second-order valence-corrected chi connectivity index (χ2v) is 8.17. The molecule has 6 heteroatoms. The van der Waals surface area contributed by atoms with Gasteiger partial charge in [0.25, 0.3) is 0 Å². The predicted molar refractivity (Wildman–Crippen MR) is 132 cm³/mol. The number of nitrogens with one attached hydrogen (secondary N) is 1. The van der Waals surface area contributed by atoms with Crippen LogP contribution >= 0.6 is 0 Å². The van der Waals surface area contributed by atoms with E-state index in [-0.39, 0.29) is 24.5 Å². The van der Waals surface area contributed by atoms with Crippen LogP contribution in [0.3, 0.4) is 0 Å². The zero-order valence-corrected chi connectivity index (χ0v) is 19.2. The van der Waals surface area contributed by atoms with Crippen LogP contribution in [0.5, 0.6) is 5.75 Å². The van der Waals surface area contributed by atoms with Crippen molar-refractivity contribution >= 4 is 17.6 Å². The number of carboxylic acids is 1. The molecule has 3 aromatic rings. The molecule has 0 radical (unpaired) electrons. The summed E-state index contributed by atoms with van der Waals surface area (Å²) in [6.07, 6.45) is 5.15. The summed E-state index contributed by atoms with van der Waals surface area (Å²) in [5.74, 6) is -0.517. The Labute approximate surface area is 200 Å². The highest BCUT2D eigenvalue weighted by Crippen LogP contribution is 2.19. The van der Waals surface area contributed by atoms with Crippen LogP contribution in [0.15, 0.2) is 72.8 Å². The van der Waals surface area contributed by atoms with Gasteiger partial charge in [0.2, 0.25) is 5.91 Å². The second kappa shape index (κ2) is 13.2. The number of aliphatic hydroxyl groups is 1. The monoisotopic (exact) mass is 461 g/mol. The summed E-state index contributed by atoms with van der Waals surface area (Å²) < 4.78 is 5.82. The third-order valence-electron chi connectivity index (χ3n) is 5.59. The Morgan fingerprint density at radius 3 is 2.26 bits per heavy atom. The molecule has 0 saturated heterocycles. The molecule has 178 valence electrons. The Morgan fingerprint density at radius 1 is 0.824 bits per heavy atom. The van der Waals surface area contributed by atoms with Gasteiger partial charge in [-0.2, -0.15) is 0 Å². The molecule has 0 spiro atoms. The van der Waals surface area contributed by atoms with Crippen molar-refractivity contribution in [2.75, 3.05) is 11.9 Å². The fourth-order valence-corrected chi connectivity index (χ4v) is 3.63. The molecule has 3 aromatic carbocycles. The molecule has 0 saturated carbocycles. The molecule has 0 bridgehead atoms. The molecule has 0 heterocycles. The van der Waals surface area contributed by atoms with Gasteiger partial charge in [0.1, 0.15) is 5.75 Å². The SMILES string of the molecule is O=C(CCc1ccc(OCCCCCc2ccccc2)cc1)Nc1cc(C(=O)O)ccc1CO. The number of benzene rings is 3. The molecular weight excluding hydrogens is 430 g/mol. The van der Waals surface area contributed by atoms with E-state index in [1.165, 1.54) is 23.8 Å². The molecule has 3 N–H and O–H groups in total. The lowest BCUT2D eigenvalue weighted by Gasteiger charge is -2.11. The smallest absolute Gasteiger partial charge is 0.335 e. The number of rotatable bonds is 13. The molecule has 0 aromatic heterocycles. The fraction of sp³-hybridized carbons (Fsp3) is 0.286. The molecule has 0 fully saturated rings. The Bertz CT molecular complexity index is 1060. The van der Waals surface area contributed by atoms with Crippen molar-refractivity contribution in [2.24, 2.45) is 0 Å². The fourth-order valence-electron chi connectivity index (χ4n) is 3.63. The van der Waals surface area contributed by atoms with Crippen molar-refractivity contribution in [2.45, 2.75) is 45.1 Å². The van der Waals surface area contributed by atoms with Gasteiger partial charge in [0.05, 0.1) is 18.8 Å². The standard InChI is InChI=1S/C28H31NO5/c30-20-24-14-13-23(28(32)33)19-26(24)29-27(31)17-12-22-10-15-25(16-11-22)34-18-6-2-5-9-21-7-3-1-4-8-21/h1,3-4,7-8,10-11,13-16,19,30H,2,5-6,9,12,17-18,20H2,(H,29,31)(H,32,33). The van der Waals surface area contributed by atoms with E-state index in [0.29, 0.717) is 24.3 Å². The van der Waals surface area contributed by atoms with Crippen molar-refractivity contribution in [3.05, 3.63) is 95.1 Å². The number of anilines is 1. The minimum Gasteiger partial charge on any atom is -0.494 e. The number of aromatic carboxylic acids is 1. The maximum absolute atomic E-state index is 12.4. The topological polar surface area (TPSA) is 95.9 Å². The third kappa shape index (κ3) is 8.05. The predicted octanol–water partition coefficient (Wildman–Crippen LogP) is 5.24. The van der Waals surface area contributed by atoms with E-state index in [1.807, 2.05) is 30.3 Å². The van der Waals surface area contributed by atoms with Crippen LogP contribution in [-0.2, 0) is 24.2 Å². The number of amides is 1. The van der Waals surface area contributed by atoms with Gasteiger partial charge in [-0.3, -0.25) is 4.79 Å². The van der Waals surface area contributed by atoms with Gasteiger partial charge < -0.3 is 20.3 Å². The molecule has 0 unspecified atom stereocenters. The van der Waals surface area contributed by atoms with Crippen LogP contribution in [0.1, 0.15) is 52.7 Å². The Hall–Kier alpha value is -3.64. The average molecular weight is 462 g/mol. The number of hydrogen-bond donors (Lipinski definition) is 3. The summed E-state index contributed by atoms with van der Waals surface area (Å²) in [5, 5.41) is 21.3. The minimum atomic E-state index is -1.09. The van der Waals surface area contributed by atoms with Crippen LogP contribution in [0.25, 0.3) is 0 Å². The molecule has 1 amide bonds. The van der Waals surface area contributed by atoms with Crippen LogP contribution in [-0.4, -0.2) is 28.7 Å². The van der Waals surface area contributed by atoms with Crippen LogP contribution < -0.4 is 10.1 Å². The number of carboxylic acid groups (broad SMARTS) is 1. The molecule has 0 aliphatic rings. The second-order valence-electron chi connectivity index (χ2n) is 8.17. The van der Waals surface area contributed by atoms with Crippen LogP contribution in [0.2, 0.25) is 0 Å². The summed E-state index contributed by atoms with van der Waals surface area (Å²) in [5.41, 5.74) is 3.22. The summed E-state index contributed by atoms with van der Waals surface area (Å²) >= 11 is 0. The number of aryl methyl sites for hydroxylation is 2. The first-order valence-corrected chi connectivity index (χ1v) is 11.6. The van der Waals surface area contributed by atoms with E-state index in [9.17, 15) is 14.7 Å². The largest absolute Gasteiger partial charge is 0.494 e. The zero-order chi connectivity index (χ0) is 24.2. The van der Waals surface area contributed by atoms with Crippen molar-refractivity contribution < 1.29 is 24.5 Å². The van der Waals surface area contributed by atoms with E-state index in [0.717, 1.165) is 37.0 Å². The highest BCUT2D eigenvalue weighted by atomic mass is 16.5. The minimum absolute atomic E-state index is 0.0549. The highest BCUT2D eigenvalue weighted by molar-refractivity contribution is 5.94. The number of carbonyl (C=O) groups is 2. The van der Waals surface area contributed by atoms with Crippen molar-refractivity contribution in [3.63, 3.8) is 0 Å². The normalized spacial score (nSPS) is 10.6. The number of unbranched alkanes of at least 4 members (excludes halogenated alkanes) is 2. The van der Waals surface area contributed by atoms with E-state index < -0.39 is 5.97 Å². The highest BCUT2D eigenvalue weighted by Gasteiger charge is 2.11. The van der Waals surface area contributed by atoms with Gasteiger partial charge in [-0.05, 0) is 67.5 Å². The van der Waals surface area contributed by atoms with Crippen molar-refractivity contribution in [1.29, 1.82) is 0 Å². The van der Waals surface area contributed by atoms with Gasteiger partial charge in [-0.1, -0.05) is 48.5 Å². The quantitative estimate of drug-likeness (QED) is 0.303. The van der Waals surface area contributed by atoms with E-state index >= 15 is 0 Å². The number of ether oxygens (including phenoxy) is 1. The van der Waals surface area contributed by atoms with Crippen LogP contribution in [0, 0.1) is 0 Å². The summed E-state index contributed by atoms with van der Waals surface area (Å²) in [4.78, 5) is 23.5. The number of hydrogen-bond acceptors (Lipinski definition) is 4.